The van der Waals surface area contributed by atoms with Gasteiger partial charge in [0, 0.05) is 15.6 Å². The Kier molecular flexibility index (Phi) is 6.74. The lowest BCUT2D eigenvalue weighted by molar-refractivity contribution is 0.251. The van der Waals surface area contributed by atoms with Crippen molar-refractivity contribution in [1.82, 2.24) is 5.32 Å². The summed E-state index contributed by atoms with van der Waals surface area (Å²) in [7, 11) is 0. The number of nitrogens with one attached hydrogen (secondary N) is 2. The number of anilines is 1. The molecule has 122 valence electrons. The second-order valence-corrected chi connectivity index (χ2v) is 8.44. The molecule has 0 saturated heterocycles. The molecule has 0 aliphatic carbocycles. The van der Waals surface area contributed by atoms with Gasteiger partial charge >= 0.3 is 6.03 Å². The van der Waals surface area contributed by atoms with Crippen LogP contribution in [0.4, 0.5) is 10.5 Å². The standard InChI is InChI=1S/C15H12Cl4N2OS/c16-10-6-8-12(9-7-10)23-13(15(17,18)19)21-14(22)20-11-4-2-1-3-5-11/h1-9,13H,(H2,20,21,22)/t13-/m0/s1. The van der Waals surface area contributed by atoms with E-state index in [0.29, 0.717) is 10.7 Å². The van der Waals surface area contributed by atoms with Crippen molar-refractivity contribution in [2.24, 2.45) is 0 Å². The van der Waals surface area contributed by atoms with Gasteiger partial charge in [0.2, 0.25) is 3.79 Å². The molecule has 23 heavy (non-hydrogen) atoms. The molecule has 0 unspecified atom stereocenters. The maximum absolute atomic E-state index is 12.1. The Hall–Kier alpha value is -0.780. The van der Waals surface area contributed by atoms with E-state index in [9.17, 15) is 4.79 Å². The molecule has 0 aliphatic rings. The minimum atomic E-state index is -1.68. The smallest absolute Gasteiger partial charge is 0.320 e. The fourth-order valence-corrected chi connectivity index (χ4v) is 3.19. The molecular formula is C15H12Cl4N2OS. The molecule has 2 aromatic carbocycles. The van der Waals surface area contributed by atoms with E-state index in [1.807, 2.05) is 18.2 Å². The molecule has 0 aliphatic heterocycles. The van der Waals surface area contributed by atoms with Crippen molar-refractivity contribution < 1.29 is 4.79 Å². The molecule has 2 amide bonds. The molecule has 0 fully saturated rings. The second kappa shape index (κ2) is 8.36. The lowest BCUT2D eigenvalue weighted by Gasteiger charge is -2.25. The van der Waals surface area contributed by atoms with Gasteiger partial charge in [-0.15, -0.1) is 0 Å². The first-order valence-corrected chi connectivity index (χ1v) is 8.85. The van der Waals surface area contributed by atoms with Crippen LogP contribution in [0.15, 0.2) is 59.5 Å². The number of rotatable bonds is 4. The van der Waals surface area contributed by atoms with Gasteiger partial charge in [-0.1, -0.05) is 76.4 Å². The quantitative estimate of drug-likeness (QED) is 0.372. The summed E-state index contributed by atoms with van der Waals surface area (Å²) in [5.41, 5.74) is 0.643. The van der Waals surface area contributed by atoms with Gasteiger partial charge in [-0.2, -0.15) is 0 Å². The average Bonchev–Trinajstić information content (AvgIpc) is 2.49. The predicted molar refractivity (Wildman–Crippen MR) is 100.0 cm³/mol. The van der Waals surface area contributed by atoms with Crippen molar-refractivity contribution in [3.63, 3.8) is 0 Å². The van der Waals surface area contributed by atoms with Gasteiger partial charge in [0.1, 0.15) is 5.37 Å². The molecule has 8 heteroatoms. The van der Waals surface area contributed by atoms with Crippen LogP contribution in [0.2, 0.25) is 5.02 Å². The van der Waals surface area contributed by atoms with Gasteiger partial charge in [0.05, 0.1) is 0 Å². The number of para-hydroxylation sites is 1. The Morgan fingerprint density at radius 3 is 2.17 bits per heavy atom. The van der Waals surface area contributed by atoms with Crippen LogP contribution in [0.3, 0.4) is 0 Å². The van der Waals surface area contributed by atoms with Crippen LogP contribution < -0.4 is 10.6 Å². The van der Waals surface area contributed by atoms with Crippen LogP contribution in [0.5, 0.6) is 0 Å². The minimum absolute atomic E-state index is 0.464. The van der Waals surface area contributed by atoms with Crippen LogP contribution in [-0.4, -0.2) is 15.2 Å². The van der Waals surface area contributed by atoms with Gasteiger partial charge in [-0.05, 0) is 36.4 Å². The van der Waals surface area contributed by atoms with E-state index in [2.05, 4.69) is 10.6 Å². The third kappa shape index (κ3) is 6.32. The molecule has 2 N–H and O–H groups in total. The number of benzene rings is 2. The summed E-state index contributed by atoms with van der Waals surface area (Å²) in [6.07, 6.45) is 0. The molecule has 1 atom stereocenters. The van der Waals surface area contributed by atoms with Gasteiger partial charge < -0.3 is 10.6 Å². The van der Waals surface area contributed by atoms with Crippen LogP contribution in [-0.2, 0) is 0 Å². The van der Waals surface area contributed by atoms with E-state index in [4.69, 9.17) is 46.4 Å². The average molecular weight is 410 g/mol. The summed E-state index contributed by atoms with van der Waals surface area (Å²) >= 11 is 25.0. The Morgan fingerprint density at radius 2 is 1.61 bits per heavy atom. The number of halogens is 4. The minimum Gasteiger partial charge on any atom is -0.321 e. The highest BCUT2D eigenvalue weighted by molar-refractivity contribution is 8.00. The predicted octanol–water partition coefficient (Wildman–Crippen LogP) is 5.95. The van der Waals surface area contributed by atoms with Gasteiger partial charge in [0.15, 0.2) is 0 Å². The Labute approximate surface area is 158 Å². The Bertz CT molecular complexity index is 647. The summed E-state index contributed by atoms with van der Waals surface area (Å²) in [6, 6.07) is 15.5. The molecule has 0 spiro atoms. The Balaban J connectivity index is 2.04. The van der Waals surface area contributed by atoms with Gasteiger partial charge in [-0.25, -0.2) is 4.79 Å². The maximum Gasteiger partial charge on any atom is 0.320 e. The van der Waals surface area contributed by atoms with Crippen molar-refractivity contribution in [2.45, 2.75) is 14.1 Å². The van der Waals surface area contributed by atoms with E-state index >= 15 is 0 Å². The maximum atomic E-state index is 12.1. The molecule has 0 aromatic heterocycles. The summed E-state index contributed by atoms with van der Waals surface area (Å²) in [5, 5.41) is 5.16. The highest BCUT2D eigenvalue weighted by Crippen LogP contribution is 2.39. The molecule has 0 saturated carbocycles. The van der Waals surface area contributed by atoms with Crippen molar-refractivity contribution in [3.05, 3.63) is 59.6 Å². The molecule has 2 aromatic rings. The first kappa shape index (κ1) is 18.6. The molecule has 0 bridgehead atoms. The van der Waals surface area contributed by atoms with Crippen molar-refractivity contribution in [2.75, 3.05) is 5.32 Å². The number of carbonyl (C=O) groups excluding carboxylic acids is 1. The number of hydrogen-bond donors (Lipinski definition) is 2. The van der Waals surface area contributed by atoms with E-state index in [1.54, 1.807) is 36.4 Å². The molecule has 0 radical (unpaired) electrons. The summed E-state index contributed by atoms with van der Waals surface area (Å²) in [5.74, 6) is 0. The second-order valence-electron chi connectivity index (χ2n) is 4.46. The van der Waals surface area contributed by atoms with Crippen molar-refractivity contribution >= 4 is 69.9 Å². The largest absolute Gasteiger partial charge is 0.321 e. The number of urea groups is 1. The zero-order valence-electron chi connectivity index (χ0n) is 11.6. The fraction of sp³-hybridized carbons (Fsp3) is 0.133. The zero-order chi connectivity index (χ0) is 16.9. The summed E-state index contributed by atoms with van der Waals surface area (Å²) in [6.45, 7) is 0. The number of carbonyl (C=O) groups is 1. The summed E-state index contributed by atoms with van der Waals surface area (Å²) < 4.78 is -1.68. The fourth-order valence-electron chi connectivity index (χ4n) is 1.64. The third-order valence-electron chi connectivity index (χ3n) is 2.66. The van der Waals surface area contributed by atoms with E-state index in [-0.39, 0.29) is 0 Å². The molecular weight excluding hydrogens is 398 g/mol. The zero-order valence-corrected chi connectivity index (χ0v) is 15.4. The first-order chi connectivity index (χ1) is 10.8. The topological polar surface area (TPSA) is 41.1 Å². The van der Waals surface area contributed by atoms with Crippen molar-refractivity contribution in [1.29, 1.82) is 0 Å². The van der Waals surface area contributed by atoms with Gasteiger partial charge in [0.25, 0.3) is 0 Å². The van der Waals surface area contributed by atoms with Crippen LogP contribution in [0.1, 0.15) is 0 Å². The summed E-state index contributed by atoms with van der Waals surface area (Å²) in [4.78, 5) is 12.9. The van der Waals surface area contributed by atoms with Crippen LogP contribution in [0, 0.1) is 0 Å². The lowest BCUT2D eigenvalue weighted by atomic mass is 10.3. The number of hydrogen-bond acceptors (Lipinski definition) is 2. The normalized spacial score (nSPS) is 12.5. The van der Waals surface area contributed by atoms with Crippen LogP contribution in [0.25, 0.3) is 0 Å². The lowest BCUT2D eigenvalue weighted by Crippen LogP contribution is -2.43. The molecule has 3 nitrogen and oxygen atoms in total. The number of thioether (sulfide) groups is 1. The number of alkyl halides is 3. The number of amides is 2. The monoisotopic (exact) mass is 408 g/mol. The molecule has 2 rings (SSSR count). The third-order valence-corrected chi connectivity index (χ3v) is 5.20. The van der Waals surface area contributed by atoms with E-state index in [1.165, 1.54) is 11.8 Å². The SMILES string of the molecule is O=C(Nc1ccccc1)N[C@@H](Sc1ccc(Cl)cc1)C(Cl)(Cl)Cl. The van der Waals surface area contributed by atoms with Crippen LogP contribution >= 0.6 is 58.2 Å². The molecule has 0 heterocycles. The highest BCUT2D eigenvalue weighted by atomic mass is 35.6. The Morgan fingerprint density at radius 1 is 1.00 bits per heavy atom. The highest BCUT2D eigenvalue weighted by Gasteiger charge is 2.35. The first-order valence-electron chi connectivity index (χ1n) is 6.46. The van der Waals surface area contributed by atoms with E-state index < -0.39 is 15.2 Å². The van der Waals surface area contributed by atoms with E-state index in [0.717, 1.165) is 4.90 Å². The van der Waals surface area contributed by atoms with Gasteiger partial charge in [-0.3, -0.25) is 0 Å². The van der Waals surface area contributed by atoms with Crippen molar-refractivity contribution in [3.8, 4) is 0 Å².